The lowest BCUT2D eigenvalue weighted by molar-refractivity contribution is 0.425. The van der Waals surface area contributed by atoms with E-state index in [1.165, 1.54) is 18.4 Å². The van der Waals surface area contributed by atoms with Gasteiger partial charge < -0.3 is 10.3 Å². The van der Waals surface area contributed by atoms with E-state index < -0.39 is 0 Å². The van der Waals surface area contributed by atoms with Gasteiger partial charge in [-0.25, -0.2) is 0 Å². The largest absolute Gasteiger partial charge is 0.389 e. The maximum Gasteiger partial charge on any atom is 0.104 e. The first kappa shape index (κ1) is 13.1. The van der Waals surface area contributed by atoms with Crippen molar-refractivity contribution in [2.24, 2.45) is 11.7 Å². The highest BCUT2D eigenvalue weighted by Crippen LogP contribution is 2.22. The molecule has 0 spiro atoms. The molecule has 18 heavy (non-hydrogen) atoms. The van der Waals surface area contributed by atoms with Crippen molar-refractivity contribution in [1.29, 1.82) is 0 Å². The number of nitrogens with two attached hydrogens (primary N) is 1. The first-order valence-corrected chi connectivity index (χ1v) is 6.95. The molecule has 2 rings (SSSR count). The fourth-order valence-corrected chi connectivity index (χ4v) is 2.60. The molecular weight excluding hydrogens is 240 g/mol. The van der Waals surface area contributed by atoms with Crippen molar-refractivity contribution in [2.45, 2.75) is 33.2 Å². The highest BCUT2D eigenvalue weighted by Gasteiger charge is 2.10. The molecule has 1 aromatic heterocycles. The third kappa shape index (κ3) is 2.41. The van der Waals surface area contributed by atoms with Gasteiger partial charge in [0, 0.05) is 29.2 Å². The quantitative estimate of drug-likeness (QED) is 0.831. The Bertz CT molecular complexity index is 553. The number of nitrogens with zero attached hydrogens (tertiary/aromatic N) is 1. The summed E-state index contributed by atoms with van der Waals surface area (Å²) in [4.78, 5) is 0.473. The second-order valence-corrected chi connectivity index (χ2v) is 5.19. The second kappa shape index (κ2) is 5.53. The zero-order chi connectivity index (χ0) is 13.1. The van der Waals surface area contributed by atoms with Crippen molar-refractivity contribution < 1.29 is 0 Å². The van der Waals surface area contributed by atoms with Crippen LogP contribution in [0.3, 0.4) is 0 Å². The van der Waals surface area contributed by atoms with Crippen molar-refractivity contribution in [3.8, 4) is 0 Å². The summed E-state index contributed by atoms with van der Waals surface area (Å²) >= 11 is 5.10. The molecule has 1 aromatic carbocycles. The van der Waals surface area contributed by atoms with Gasteiger partial charge in [0.2, 0.25) is 0 Å². The van der Waals surface area contributed by atoms with Gasteiger partial charge in [0.15, 0.2) is 0 Å². The summed E-state index contributed by atoms with van der Waals surface area (Å²) in [7, 11) is 0. The van der Waals surface area contributed by atoms with Gasteiger partial charge in [0.05, 0.1) is 0 Å². The number of fused-ring (bicyclic) bond motifs is 1. The molecule has 2 N–H and O–H groups in total. The average molecular weight is 260 g/mol. The number of hydrogen-bond acceptors (Lipinski definition) is 1. The molecule has 0 saturated heterocycles. The topological polar surface area (TPSA) is 30.9 Å². The molecule has 0 aliphatic rings. The van der Waals surface area contributed by atoms with Crippen LogP contribution in [0.5, 0.6) is 0 Å². The van der Waals surface area contributed by atoms with Crippen LogP contribution < -0.4 is 5.73 Å². The van der Waals surface area contributed by atoms with Crippen LogP contribution >= 0.6 is 12.2 Å². The van der Waals surface area contributed by atoms with Gasteiger partial charge in [0.25, 0.3) is 0 Å². The lowest BCUT2D eigenvalue weighted by Crippen LogP contribution is -2.10. The van der Waals surface area contributed by atoms with Crippen LogP contribution in [-0.4, -0.2) is 9.56 Å². The molecule has 0 radical (unpaired) electrons. The minimum Gasteiger partial charge on any atom is -0.389 e. The van der Waals surface area contributed by atoms with E-state index in [0.717, 1.165) is 23.4 Å². The van der Waals surface area contributed by atoms with Crippen molar-refractivity contribution in [3.05, 3.63) is 36.0 Å². The molecule has 0 unspecified atom stereocenters. The van der Waals surface area contributed by atoms with E-state index in [0.29, 0.717) is 4.99 Å². The Morgan fingerprint density at radius 2 is 2.00 bits per heavy atom. The lowest BCUT2D eigenvalue weighted by atomic mass is 10.0. The first-order valence-electron chi connectivity index (χ1n) is 6.55. The van der Waals surface area contributed by atoms with E-state index in [-0.39, 0.29) is 0 Å². The van der Waals surface area contributed by atoms with Crippen LogP contribution in [0.25, 0.3) is 10.9 Å². The Morgan fingerprint density at radius 1 is 1.28 bits per heavy atom. The highest BCUT2D eigenvalue weighted by atomic mass is 32.1. The van der Waals surface area contributed by atoms with Gasteiger partial charge in [0.1, 0.15) is 4.99 Å². The van der Waals surface area contributed by atoms with E-state index in [1.807, 2.05) is 12.1 Å². The van der Waals surface area contributed by atoms with E-state index >= 15 is 0 Å². The molecule has 0 amide bonds. The third-order valence-electron chi connectivity index (χ3n) is 3.69. The van der Waals surface area contributed by atoms with Crippen LogP contribution in [0, 0.1) is 5.92 Å². The minimum absolute atomic E-state index is 0.473. The van der Waals surface area contributed by atoms with E-state index in [1.54, 1.807) is 0 Å². The van der Waals surface area contributed by atoms with E-state index in [4.69, 9.17) is 18.0 Å². The van der Waals surface area contributed by atoms with Gasteiger partial charge in [-0.15, -0.1) is 0 Å². The Morgan fingerprint density at radius 3 is 2.61 bits per heavy atom. The number of hydrogen-bond donors (Lipinski definition) is 1. The molecule has 3 heteroatoms. The van der Waals surface area contributed by atoms with Crippen molar-refractivity contribution >= 4 is 28.1 Å². The molecule has 96 valence electrons. The monoisotopic (exact) mass is 260 g/mol. The summed E-state index contributed by atoms with van der Waals surface area (Å²) in [5, 5.41) is 1.16. The second-order valence-electron chi connectivity index (χ2n) is 4.75. The molecule has 0 aliphatic heterocycles. The van der Waals surface area contributed by atoms with Gasteiger partial charge in [-0.05, 0) is 18.1 Å². The maximum absolute atomic E-state index is 5.76. The molecule has 2 aromatic rings. The summed E-state index contributed by atoms with van der Waals surface area (Å²) in [6.07, 6.45) is 4.57. The van der Waals surface area contributed by atoms with Crippen LogP contribution in [-0.2, 0) is 6.54 Å². The fourth-order valence-electron chi connectivity index (χ4n) is 2.42. The zero-order valence-electron chi connectivity index (χ0n) is 11.0. The molecule has 0 aliphatic carbocycles. The lowest BCUT2D eigenvalue weighted by Gasteiger charge is -2.14. The van der Waals surface area contributed by atoms with Crippen molar-refractivity contribution in [2.75, 3.05) is 0 Å². The summed E-state index contributed by atoms with van der Waals surface area (Å²) in [6, 6.07) is 8.28. The standard InChI is InChI=1S/C15H20N2S/c1-3-11(4-2)10-17-9-8-12-13(15(16)18)6-5-7-14(12)17/h5-9,11H,3-4,10H2,1-2H3,(H2,16,18). The van der Waals surface area contributed by atoms with Gasteiger partial charge in [-0.3, -0.25) is 0 Å². The van der Waals surface area contributed by atoms with Crippen LogP contribution in [0.1, 0.15) is 32.3 Å². The summed E-state index contributed by atoms with van der Waals surface area (Å²) in [6.45, 7) is 5.57. The van der Waals surface area contributed by atoms with E-state index in [2.05, 4.69) is 36.7 Å². The fraction of sp³-hybridized carbons (Fsp3) is 0.400. The Kier molecular flexibility index (Phi) is 4.02. The van der Waals surface area contributed by atoms with Crippen LogP contribution in [0.4, 0.5) is 0 Å². The summed E-state index contributed by atoms with van der Waals surface area (Å²) < 4.78 is 2.31. The Labute approximate surface area is 114 Å². The number of thiocarbonyl (C=S) groups is 1. The number of benzene rings is 1. The van der Waals surface area contributed by atoms with E-state index in [9.17, 15) is 0 Å². The molecule has 0 saturated carbocycles. The molecule has 0 atom stereocenters. The van der Waals surface area contributed by atoms with Gasteiger partial charge >= 0.3 is 0 Å². The third-order valence-corrected chi connectivity index (χ3v) is 3.91. The van der Waals surface area contributed by atoms with Crippen molar-refractivity contribution in [3.63, 3.8) is 0 Å². The highest BCUT2D eigenvalue weighted by molar-refractivity contribution is 7.80. The zero-order valence-corrected chi connectivity index (χ0v) is 11.8. The Balaban J connectivity index is 2.42. The maximum atomic E-state index is 5.76. The predicted octanol–water partition coefficient (Wildman–Crippen LogP) is 3.71. The van der Waals surface area contributed by atoms with Crippen LogP contribution in [0.2, 0.25) is 0 Å². The predicted molar refractivity (Wildman–Crippen MR) is 81.9 cm³/mol. The van der Waals surface area contributed by atoms with Crippen LogP contribution in [0.15, 0.2) is 30.5 Å². The molecule has 0 fully saturated rings. The Hall–Kier alpha value is -1.35. The summed E-state index contributed by atoms with van der Waals surface area (Å²) in [5.41, 5.74) is 7.97. The first-order chi connectivity index (χ1) is 8.67. The molecule has 1 heterocycles. The number of rotatable bonds is 5. The average Bonchev–Trinajstić information content (AvgIpc) is 2.78. The van der Waals surface area contributed by atoms with Gasteiger partial charge in [-0.2, -0.15) is 0 Å². The molecule has 2 nitrogen and oxygen atoms in total. The molecule has 0 bridgehead atoms. The number of aromatic nitrogens is 1. The SMILES string of the molecule is CCC(CC)Cn1ccc2c(C(N)=S)cccc21. The van der Waals surface area contributed by atoms with Gasteiger partial charge in [-0.1, -0.05) is 51.0 Å². The summed E-state index contributed by atoms with van der Waals surface area (Å²) in [5.74, 6) is 0.731. The molecular formula is C15H20N2S. The smallest absolute Gasteiger partial charge is 0.104 e. The normalized spacial score (nSPS) is 11.3. The van der Waals surface area contributed by atoms with Crippen molar-refractivity contribution in [1.82, 2.24) is 4.57 Å². The minimum atomic E-state index is 0.473.